The van der Waals surface area contributed by atoms with Gasteiger partial charge in [0, 0.05) is 40.8 Å². The van der Waals surface area contributed by atoms with Gasteiger partial charge in [-0.15, -0.1) is 24.8 Å². The molecule has 0 saturated heterocycles. The summed E-state index contributed by atoms with van der Waals surface area (Å²) in [6.07, 6.45) is 0. The Bertz CT molecular complexity index is 6.00. The molecule has 4 heteroatoms. The fourth-order valence-corrected chi connectivity index (χ4v) is 0. The van der Waals surface area contributed by atoms with E-state index in [0.29, 0.717) is 0 Å². The summed E-state index contributed by atoms with van der Waals surface area (Å²) in [6, 6.07) is 0. The number of rotatable bonds is 0. The molecule has 4 heavy (non-hydrogen) atoms. The van der Waals surface area contributed by atoms with Crippen LogP contribution in [0, 0.1) is 40.8 Å². The van der Waals surface area contributed by atoms with Crippen molar-refractivity contribution >= 4 is 24.8 Å². The van der Waals surface area contributed by atoms with Gasteiger partial charge in [0.25, 0.3) is 0 Å². The first kappa shape index (κ1) is 40.0. The fourth-order valence-electron chi connectivity index (χ4n) is 0. The molecule has 0 aliphatic carbocycles. The molecule has 0 aromatic heterocycles. The Hall–Kier alpha value is 1.86. The van der Waals surface area contributed by atoms with Crippen molar-refractivity contribution in [2.75, 3.05) is 0 Å². The molecule has 0 unspecified atom stereocenters. The first-order chi connectivity index (χ1) is 0. The molecule has 0 saturated carbocycles. The third kappa shape index (κ3) is 9.13. The van der Waals surface area contributed by atoms with E-state index in [-0.39, 0.29) is 70.4 Å². The van der Waals surface area contributed by atoms with Gasteiger partial charge < -0.3 is 0 Å². The minimum absolute atomic E-state index is 0. The maximum Gasteiger partial charge on any atom is 0 e. The Labute approximate surface area is 69.4 Å². The van der Waals surface area contributed by atoms with Gasteiger partial charge in [-0.3, -0.25) is 4.70 Å². The van der Waals surface area contributed by atoms with Gasteiger partial charge in [-0.2, -0.15) is 0 Å². The van der Waals surface area contributed by atoms with Crippen LogP contribution in [0.15, 0.2) is 0 Å². The summed E-state index contributed by atoms with van der Waals surface area (Å²) >= 11 is 0. The minimum atomic E-state index is 0. The van der Waals surface area contributed by atoms with Gasteiger partial charge in [0.2, 0.25) is 0 Å². The molecule has 0 atom stereocenters. The Balaban J connectivity index is 0. The maximum atomic E-state index is 0. The Morgan fingerprint density at radius 1 is 0.750 bits per heavy atom. The first-order valence-corrected chi connectivity index (χ1v) is 0. The van der Waals surface area contributed by atoms with E-state index < -0.39 is 0 Å². The first-order valence-electron chi connectivity index (χ1n) is 0. The van der Waals surface area contributed by atoms with Crippen molar-refractivity contribution in [3.63, 3.8) is 0 Å². The summed E-state index contributed by atoms with van der Waals surface area (Å²) in [6.45, 7) is 0. The predicted molar refractivity (Wildman–Crippen MR) is 17.0 cm³/mol. The van der Waals surface area contributed by atoms with Crippen LogP contribution in [0.3, 0.4) is 0 Å². The monoisotopic (exact) mass is 234 g/mol. The molecule has 0 aromatic carbocycles. The zero-order valence-corrected chi connectivity index (χ0v) is 6.57. The van der Waals surface area contributed by atoms with Gasteiger partial charge in [-0.25, -0.2) is 0 Å². The molecule has 0 heterocycles. The van der Waals surface area contributed by atoms with Crippen molar-refractivity contribution < 1.29 is 45.5 Å². The summed E-state index contributed by atoms with van der Waals surface area (Å²) in [5.74, 6) is 0. The molecule has 28 valence electrons. The molecule has 0 N–H and O–H groups in total. The molecular weight excluding hydrogens is 234 g/mol. The number of hydrogen-bond donors (Lipinski definition) is 0. The van der Waals surface area contributed by atoms with Crippen LogP contribution < -0.4 is 0 Å². The smallest absolute Gasteiger partial charge is 0 e. The second kappa shape index (κ2) is 20.9. The molecule has 0 aliphatic rings. The summed E-state index contributed by atoms with van der Waals surface area (Å²) in [5.41, 5.74) is 0. The van der Waals surface area contributed by atoms with Crippen molar-refractivity contribution in [2.24, 2.45) is 0 Å². The molecule has 0 aliphatic heterocycles. The average molecular weight is 237 g/mol. The van der Waals surface area contributed by atoms with E-state index >= 15 is 0 Å². The van der Waals surface area contributed by atoms with E-state index in [1.165, 1.54) is 0 Å². The second-order valence-electron chi connectivity index (χ2n) is 0. The fraction of sp³-hybridized carbons (Fsp3) is 0. The predicted octanol–water partition coefficient (Wildman–Crippen LogP) is 0.996. The number of hydrogen-bond acceptors (Lipinski definition) is 0. The van der Waals surface area contributed by atoms with Gasteiger partial charge in [0.05, 0.1) is 0 Å². The Kier molecular flexibility index (Phi) is 209. The van der Waals surface area contributed by atoms with E-state index in [9.17, 15) is 0 Å². The SMILES string of the molecule is Cl.Cl.F.[Nd]. The van der Waals surface area contributed by atoms with Crippen LogP contribution >= 0.6 is 24.8 Å². The molecule has 0 radical (unpaired) electrons. The van der Waals surface area contributed by atoms with Crippen LogP contribution in [0.1, 0.15) is 0 Å². The van der Waals surface area contributed by atoms with Crippen LogP contribution in [0.4, 0.5) is 4.70 Å². The molecule has 0 nitrogen and oxygen atoms in total. The molecule has 0 bridgehead atoms. The zero-order valence-electron chi connectivity index (χ0n) is 1.72. The number of halogens is 3. The third-order valence-electron chi connectivity index (χ3n) is 0. The van der Waals surface area contributed by atoms with Crippen molar-refractivity contribution in [1.29, 1.82) is 0 Å². The van der Waals surface area contributed by atoms with Gasteiger partial charge in [-0.05, 0) is 0 Å². The summed E-state index contributed by atoms with van der Waals surface area (Å²) < 4.78 is 0. The van der Waals surface area contributed by atoms with Gasteiger partial charge in [0.1, 0.15) is 0 Å². The van der Waals surface area contributed by atoms with E-state index in [2.05, 4.69) is 0 Å². The average Bonchev–Trinajstić information content (AvgIpc) is 0. The molecule has 0 amide bonds. The molecular formula is H3Cl2FNd. The minimum Gasteiger partial charge on any atom is -0.269 e. The van der Waals surface area contributed by atoms with Crippen molar-refractivity contribution in [2.45, 2.75) is 0 Å². The van der Waals surface area contributed by atoms with Crippen molar-refractivity contribution in [3.8, 4) is 0 Å². The van der Waals surface area contributed by atoms with Crippen LogP contribution in [0.5, 0.6) is 0 Å². The standard InChI is InChI=1S/2ClH.FH.Nd/h3*1H;. The Morgan fingerprint density at radius 2 is 0.750 bits per heavy atom. The van der Waals surface area contributed by atoms with Crippen LogP contribution in [-0.4, -0.2) is 0 Å². The van der Waals surface area contributed by atoms with Gasteiger partial charge >= 0.3 is 0 Å². The quantitative estimate of drug-likeness (QED) is 0.589. The van der Waals surface area contributed by atoms with Crippen LogP contribution in [0.25, 0.3) is 0 Å². The Morgan fingerprint density at radius 3 is 0.750 bits per heavy atom. The van der Waals surface area contributed by atoms with E-state index in [4.69, 9.17) is 0 Å². The van der Waals surface area contributed by atoms with E-state index in [1.807, 2.05) is 0 Å². The van der Waals surface area contributed by atoms with Crippen molar-refractivity contribution in [3.05, 3.63) is 0 Å². The third-order valence-corrected chi connectivity index (χ3v) is 0. The van der Waals surface area contributed by atoms with Crippen LogP contribution in [0.2, 0.25) is 0 Å². The van der Waals surface area contributed by atoms with Gasteiger partial charge in [0.15, 0.2) is 0 Å². The largest absolute Gasteiger partial charge is 0.269 e. The molecule has 0 aromatic rings. The van der Waals surface area contributed by atoms with E-state index in [0.717, 1.165) is 0 Å². The van der Waals surface area contributed by atoms with Crippen molar-refractivity contribution in [1.82, 2.24) is 0 Å². The summed E-state index contributed by atoms with van der Waals surface area (Å²) in [7, 11) is 0. The zero-order chi connectivity index (χ0) is 0. The normalized spacial score (nSPS) is 0. The van der Waals surface area contributed by atoms with Gasteiger partial charge in [-0.1, -0.05) is 0 Å². The second-order valence-corrected chi connectivity index (χ2v) is 0. The summed E-state index contributed by atoms with van der Waals surface area (Å²) in [4.78, 5) is 0. The topological polar surface area (TPSA) is 0 Å². The summed E-state index contributed by atoms with van der Waals surface area (Å²) in [5, 5.41) is 0. The molecule has 0 fully saturated rings. The molecule has 0 spiro atoms. The van der Waals surface area contributed by atoms with E-state index in [1.54, 1.807) is 0 Å². The molecule has 0 rings (SSSR count). The maximum absolute atomic E-state index is 0. The van der Waals surface area contributed by atoms with Crippen LogP contribution in [-0.2, 0) is 0 Å².